The lowest BCUT2D eigenvalue weighted by Gasteiger charge is -2.18. The third-order valence-electron chi connectivity index (χ3n) is 3.64. The number of rotatable bonds is 6. The first-order valence-corrected chi connectivity index (χ1v) is 8.53. The van der Waals surface area contributed by atoms with Crippen molar-refractivity contribution >= 4 is 28.8 Å². The van der Waals surface area contributed by atoms with E-state index >= 15 is 0 Å². The molecular weight excluding hydrogens is 368 g/mol. The average molecular weight is 382 g/mol. The lowest BCUT2D eigenvalue weighted by Crippen LogP contribution is -2.26. The average Bonchev–Trinajstić information content (AvgIpc) is 3.18. The van der Waals surface area contributed by atoms with Crippen molar-refractivity contribution in [2.75, 3.05) is 17.7 Å². The number of nitrogens with zero attached hydrogens (tertiary/aromatic N) is 3. The molecule has 0 unspecified atom stereocenters. The van der Waals surface area contributed by atoms with E-state index in [1.165, 1.54) is 36.6 Å². The van der Waals surface area contributed by atoms with Gasteiger partial charge in [-0.3, -0.25) is 10.6 Å². The number of nitriles is 1. The van der Waals surface area contributed by atoms with Crippen molar-refractivity contribution in [2.24, 2.45) is 0 Å². The van der Waals surface area contributed by atoms with Crippen LogP contribution in [0.5, 0.6) is 5.75 Å². The molecule has 9 heteroatoms. The summed E-state index contributed by atoms with van der Waals surface area (Å²) in [5, 5.41) is 31.2. The van der Waals surface area contributed by atoms with Gasteiger partial charge in [0.15, 0.2) is 5.82 Å². The molecule has 0 amide bonds. The Labute approximate surface area is 158 Å². The van der Waals surface area contributed by atoms with E-state index in [0.29, 0.717) is 16.3 Å². The number of hydrogen-bond acceptors (Lipinski definition) is 8. The number of carbonyl (C=O) groups is 1. The maximum atomic E-state index is 11.0. The van der Waals surface area contributed by atoms with Crippen LogP contribution in [0.15, 0.2) is 47.8 Å². The van der Waals surface area contributed by atoms with Gasteiger partial charge in [-0.1, -0.05) is 12.1 Å². The molecular formula is C18H14N4O4S. The van der Waals surface area contributed by atoms with Crippen LogP contribution in [-0.2, 0) is 0 Å². The zero-order valence-corrected chi connectivity index (χ0v) is 14.9. The second kappa shape index (κ2) is 7.74. The van der Waals surface area contributed by atoms with Gasteiger partial charge in [0, 0.05) is 10.9 Å². The molecule has 0 atom stereocenters. The fourth-order valence-electron chi connectivity index (χ4n) is 2.27. The fourth-order valence-corrected chi connectivity index (χ4v) is 3.06. The van der Waals surface area contributed by atoms with Crippen LogP contribution in [0.4, 0.5) is 11.5 Å². The fraction of sp³-hybridized carbons (Fsp3) is 0.0556. The third-order valence-corrected chi connectivity index (χ3v) is 4.52. The molecule has 136 valence electrons. The molecule has 1 aromatic heterocycles. The molecule has 0 bridgehead atoms. The van der Waals surface area contributed by atoms with E-state index in [0.717, 1.165) is 10.7 Å². The Bertz CT molecular complexity index is 1010. The largest absolute Gasteiger partial charge is 0.494 e. The van der Waals surface area contributed by atoms with Crippen LogP contribution in [0, 0.1) is 11.3 Å². The Balaban J connectivity index is 1.79. The second-order valence-electron chi connectivity index (χ2n) is 5.34. The molecule has 0 saturated carbocycles. The third kappa shape index (κ3) is 3.98. The standard InChI is InChI=1S/C18H14N4O4S/c1-26-15-8-13(18(23)24)6-7-14(15)21-22(25)16-10-27-17(20-16)12-4-2-11(9-19)3-5-12/h2-8,10,21,25H,1H3,(H,23,24). The number of nitrogens with one attached hydrogen (secondary N) is 1. The van der Waals surface area contributed by atoms with Crippen molar-refractivity contribution in [1.29, 1.82) is 5.26 Å². The normalized spacial score (nSPS) is 10.1. The lowest BCUT2D eigenvalue weighted by atomic mass is 10.1. The highest BCUT2D eigenvalue weighted by atomic mass is 32.1. The van der Waals surface area contributed by atoms with Crippen LogP contribution in [0.25, 0.3) is 10.6 Å². The minimum absolute atomic E-state index is 0.0682. The van der Waals surface area contributed by atoms with E-state index in [2.05, 4.69) is 16.5 Å². The molecule has 0 saturated heterocycles. The zero-order chi connectivity index (χ0) is 19.4. The maximum absolute atomic E-state index is 11.0. The van der Waals surface area contributed by atoms with Gasteiger partial charge >= 0.3 is 5.97 Å². The number of hydrazine groups is 1. The number of aromatic carboxylic acids is 1. The maximum Gasteiger partial charge on any atom is 0.335 e. The van der Waals surface area contributed by atoms with E-state index < -0.39 is 5.97 Å². The number of methoxy groups -OCH3 is 1. The van der Waals surface area contributed by atoms with Crippen molar-refractivity contribution in [3.63, 3.8) is 0 Å². The summed E-state index contributed by atoms with van der Waals surface area (Å²) in [4.78, 5) is 15.4. The molecule has 2 aromatic carbocycles. The van der Waals surface area contributed by atoms with E-state index in [1.54, 1.807) is 29.6 Å². The summed E-state index contributed by atoms with van der Waals surface area (Å²) >= 11 is 1.33. The number of aromatic nitrogens is 1. The Morgan fingerprint density at radius 1 is 1.30 bits per heavy atom. The molecule has 0 aliphatic rings. The van der Waals surface area contributed by atoms with E-state index in [-0.39, 0.29) is 17.1 Å². The molecule has 3 aromatic rings. The Kier molecular flexibility index (Phi) is 5.21. The van der Waals surface area contributed by atoms with Gasteiger partial charge in [0.2, 0.25) is 0 Å². The predicted molar refractivity (Wildman–Crippen MR) is 100 cm³/mol. The summed E-state index contributed by atoms with van der Waals surface area (Å²) in [6.45, 7) is 0. The number of thiazole rings is 1. The van der Waals surface area contributed by atoms with Gasteiger partial charge in [-0.05, 0) is 30.3 Å². The molecule has 0 radical (unpaired) electrons. The second-order valence-corrected chi connectivity index (χ2v) is 6.20. The van der Waals surface area contributed by atoms with Crippen molar-refractivity contribution < 1.29 is 19.8 Å². The van der Waals surface area contributed by atoms with Gasteiger partial charge in [0.25, 0.3) is 0 Å². The molecule has 0 aliphatic carbocycles. The highest BCUT2D eigenvalue weighted by Crippen LogP contribution is 2.30. The predicted octanol–water partition coefficient (Wildman–Crippen LogP) is 3.61. The van der Waals surface area contributed by atoms with Crippen LogP contribution in [-0.4, -0.2) is 28.4 Å². The number of anilines is 2. The Morgan fingerprint density at radius 3 is 2.67 bits per heavy atom. The minimum Gasteiger partial charge on any atom is -0.494 e. The number of benzene rings is 2. The monoisotopic (exact) mass is 382 g/mol. The SMILES string of the molecule is COc1cc(C(=O)O)ccc1NN(O)c1csc(-c2ccc(C#N)cc2)n1. The first-order chi connectivity index (χ1) is 13.0. The van der Waals surface area contributed by atoms with Crippen LogP contribution < -0.4 is 15.3 Å². The Morgan fingerprint density at radius 2 is 2.04 bits per heavy atom. The van der Waals surface area contributed by atoms with Crippen molar-refractivity contribution in [3.05, 3.63) is 59.0 Å². The summed E-state index contributed by atoms with van der Waals surface area (Å²) in [6.07, 6.45) is 0. The Hall–Kier alpha value is -3.61. The quantitative estimate of drug-likeness (QED) is 0.553. The van der Waals surface area contributed by atoms with E-state index in [4.69, 9.17) is 15.1 Å². The number of carboxylic acids is 1. The molecule has 8 nitrogen and oxygen atoms in total. The number of carboxylic acid groups (broad SMARTS) is 1. The molecule has 3 N–H and O–H groups in total. The van der Waals surface area contributed by atoms with Gasteiger partial charge in [-0.25, -0.2) is 9.78 Å². The molecule has 0 aliphatic heterocycles. The summed E-state index contributed by atoms with van der Waals surface area (Å²) in [5.41, 5.74) is 4.52. The van der Waals surface area contributed by atoms with Crippen LogP contribution >= 0.6 is 11.3 Å². The molecule has 1 heterocycles. The minimum atomic E-state index is -1.08. The number of hydrogen-bond donors (Lipinski definition) is 3. The molecule has 3 rings (SSSR count). The first kappa shape index (κ1) is 18.2. The highest BCUT2D eigenvalue weighted by Gasteiger charge is 2.14. The zero-order valence-electron chi connectivity index (χ0n) is 14.1. The first-order valence-electron chi connectivity index (χ1n) is 7.65. The molecule has 27 heavy (non-hydrogen) atoms. The summed E-state index contributed by atoms with van der Waals surface area (Å²) in [5.74, 6) is -0.563. The summed E-state index contributed by atoms with van der Waals surface area (Å²) < 4.78 is 5.16. The summed E-state index contributed by atoms with van der Waals surface area (Å²) in [6, 6.07) is 13.2. The van der Waals surface area contributed by atoms with Crippen LogP contribution in [0.1, 0.15) is 15.9 Å². The number of ether oxygens (including phenoxy) is 1. The smallest absolute Gasteiger partial charge is 0.335 e. The molecule has 0 fully saturated rings. The van der Waals surface area contributed by atoms with Crippen molar-refractivity contribution in [1.82, 2.24) is 4.98 Å². The van der Waals surface area contributed by atoms with Gasteiger partial charge in [-0.15, -0.1) is 16.5 Å². The topological polar surface area (TPSA) is 119 Å². The molecule has 0 spiro atoms. The van der Waals surface area contributed by atoms with Gasteiger partial charge in [0.05, 0.1) is 30.0 Å². The van der Waals surface area contributed by atoms with Gasteiger partial charge in [-0.2, -0.15) is 5.26 Å². The van der Waals surface area contributed by atoms with Crippen LogP contribution in [0.2, 0.25) is 0 Å². The highest BCUT2D eigenvalue weighted by molar-refractivity contribution is 7.13. The van der Waals surface area contributed by atoms with Crippen LogP contribution in [0.3, 0.4) is 0 Å². The van der Waals surface area contributed by atoms with Gasteiger partial charge < -0.3 is 9.84 Å². The van der Waals surface area contributed by atoms with Gasteiger partial charge in [0.1, 0.15) is 10.8 Å². The van der Waals surface area contributed by atoms with E-state index in [1.807, 2.05) is 0 Å². The summed E-state index contributed by atoms with van der Waals surface area (Å²) in [7, 11) is 1.40. The van der Waals surface area contributed by atoms with E-state index in [9.17, 15) is 10.0 Å². The van der Waals surface area contributed by atoms with Crippen molar-refractivity contribution in [2.45, 2.75) is 0 Å². The van der Waals surface area contributed by atoms with Crippen molar-refractivity contribution in [3.8, 4) is 22.4 Å². The lowest BCUT2D eigenvalue weighted by molar-refractivity contribution is 0.0696.